The first-order valence-corrected chi connectivity index (χ1v) is 26.8. The van der Waals surface area contributed by atoms with E-state index in [2.05, 4.69) is 272 Å². The minimum atomic E-state index is -0.630. The average molecular weight is 996 g/mol. The van der Waals surface area contributed by atoms with Crippen molar-refractivity contribution in [3.05, 3.63) is 317 Å². The van der Waals surface area contributed by atoms with Crippen LogP contribution in [0.5, 0.6) is 23.0 Å². The highest BCUT2D eigenvalue weighted by Crippen LogP contribution is 2.65. The molecule has 0 atom stereocenters. The second kappa shape index (κ2) is 16.2. The molecule has 3 heterocycles. The normalized spacial score (nSPS) is 14.1. The molecular formula is C74H45NO3. The zero-order chi connectivity index (χ0) is 51.1. The molecule has 2 aliphatic heterocycles. The third-order valence-electron chi connectivity index (χ3n) is 17.2. The summed E-state index contributed by atoms with van der Waals surface area (Å²) in [5.41, 5.74) is 22.5. The van der Waals surface area contributed by atoms with Crippen molar-refractivity contribution in [2.45, 2.75) is 10.8 Å². The Morgan fingerprint density at radius 1 is 0.282 bits per heavy atom. The Morgan fingerprint density at radius 3 is 1.44 bits per heavy atom. The zero-order valence-electron chi connectivity index (χ0n) is 42.2. The molecule has 12 aromatic carbocycles. The molecule has 4 nitrogen and oxygen atoms in total. The van der Waals surface area contributed by atoms with Gasteiger partial charge in [-0.3, -0.25) is 0 Å². The number of hydrogen-bond acceptors (Lipinski definition) is 4. The molecular weight excluding hydrogens is 951 g/mol. The summed E-state index contributed by atoms with van der Waals surface area (Å²) in [6, 6.07) is 99.2. The van der Waals surface area contributed by atoms with Gasteiger partial charge in [-0.25, -0.2) is 0 Å². The molecule has 17 rings (SSSR count). The van der Waals surface area contributed by atoms with E-state index in [1.807, 2.05) is 6.07 Å². The van der Waals surface area contributed by atoms with Crippen molar-refractivity contribution in [1.29, 1.82) is 0 Å². The lowest BCUT2D eigenvalue weighted by Gasteiger charge is -2.39. The minimum Gasteiger partial charge on any atom is -0.457 e. The Kier molecular flexibility index (Phi) is 8.94. The average Bonchev–Trinajstić information content (AvgIpc) is 3.28. The molecule has 4 heteroatoms. The first kappa shape index (κ1) is 43.1. The van der Waals surface area contributed by atoms with Crippen LogP contribution in [-0.2, 0) is 10.8 Å². The number of ether oxygens (including phenoxy) is 2. The van der Waals surface area contributed by atoms with Crippen LogP contribution in [-0.4, -0.2) is 0 Å². The molecule has 13 aromatic rings. The monoisotopic (exact) mass is 995 g/mol. The van der Waals surface area contributed by atoms with Gasteiger partial charge < -0.3 is 18.8 Å². The molecule has 4 aliphatic rings. The summed E-state index contributed by atoms with van der Waals surface area (Å²) in [5, 5.41) is 2.23. The molecule has 2 spiro atoms. The summed E-state index contributed by atoms with van der Waals surface area (Å²) in [6.45, 7) is 0. The summed E-state index contributed by atoms with van der Waals surface area (Å²) in [6.07, 6.45) is 0. The largest absolute Gasteiger partial charge is 0.457 e. The van der Waals surface area contributed by atoms with Crippen molar-refractivity contribution in [1.82, 2.24) is 0 Å². The van der Waals surface area contributed by atoms with E-state index in [0.717, 1.165) is 107 Å². The minimum absolute atomic E-state index is 0.583. The van der Waals surface area contributed by atoms with Gasteiger partial charge in [-0.2, -0.15) is 0 Å². The third kappa shape index (κ3) is 5.73. The van der Waals surface area contributed by atoms with Gasteiger partial charge in [-0.15, -0.1) is 0 Å². The van der Waals surface area contributed by atoms with Crippen molar-refractivity contribution >= 4 is 39.0 Å². The third-order valence-corrected chi connectivity index (χ3v) is 17.2. The number of benzene rings is 12. The number of hydrogen-bond donors (Lipinski definition) is 0. The first-order valence-electron chi connectivity index (χ1n) is 26.8. The van der Waals surface area contributed by atoms with E-state index < -0.39 is 10.8 Å². The van der Waals surface area contributed by atoms with Crippen molar-refractivity contribution < 1.29 is 13.9 Å². The fourth-order valence-electron chi connectivity index (χ4n) is 14.1. The van der Waals surface area contributed by atoms with Crippen molar-refractivity contribution in [3.63, 3.8) is 0 Å². The van der Waals surface area contributed by atoms with Crippen LogP contribution in [0.3, 0.4) is 0 Å². The van der Waals surface area contributed by atoms with E-state index >= 15 is 0 Å². The smallest absolute Gasteiger partial charge is 0.143 e. The van der Waals surface area contributed by atoms with Crippen LogP contribution >= 0.6 is 0 Å². The maximum atomic E-state index is 6.75. The lowest BCUT2D eigenvalue weighted by Crippen LogP contribution is -2.32. The Bertz CT molecular complexity index is 4570. The molecule has 0 unspecified atom stereocenters. The predicted octanol–water partition coefficient (Wildman–Crippen LogP) is 19.3. The molecule has 364 valence electrons. The highest BCUT2D eigenvalue weighted by Gasteiger charge is 2.53. The van der Waals surface area contributed by atoms with Gasteiger partial charge in [0.1, 0.15) is 34.2 Å². The summed E-state index contributed by atoms with van der Waals surface area (Å²) in [7, 11) is 0. The van der Waals surface area contributed by atoms with Gasteiger partial charge in [0.2, 0.25) is 0 Å². The molecule has 1 aromatic heterocycles. The maximum Gasteiger partial charge on any atom is 0.143 e. The summed E-state index contributed by atoms with van der Waals surface area (Å²) in [4.78, 5) is 2.47. The molecule has 0 saturated heterocycles. The SMILES string of the molecule is c1cc(-c2ccc3c(c2)C2(c4ccccc4Oc4ccccc42)c2ccccc2-3)cc(N(c2ccc(-c3cccc4c3oc3ccccc34)cc2)c2cccc3c2-c2ccccc2C32c3ccccc3Oc3ccccc32)c1. The fraction of sp³-hybridized carbons (Fsp3) is 0.0270. The highest BCUT2D eigenvalue weighted by atomic mass is 16.5. The predicted molar refractivity (Wildman–Crippen MR) is 314 cm³/mol. The Balaban J connectivity index is 0.884. The van der Waals surface area contributed by atoms with E-state index in [1.165, 1.54) is 44.5 Å². The lowest BCUT2D eigenvalue weighted by molar-refractivity contribution is 0.436. The van der Waals surface area contributed by atoms with Gasteiger partial charge in [0, 0.05) is 55.5 Å². The number of furan rings is 1. The fourth-order valence-corrected chi connectivity index (χ4v) is 14.1. The summed E-state index contributed by atoms with van der Waals surface area (Å²) in [5.74, 6) is 3.51. The van der Waals surface area contributed by atoms with Crippen LogP contribution in [0, 0.1) is 0 Å². The quantitative estimate of drug-likeness (QED) is 0.172. The standard InChI is InChI=1S/C74H45NO3/c1-4-25-57-52(20-1)53-43-40-48(45-64(53)74(57)61-29-8-13-36-69(61)77-70-37-14-9-30-62(70)74)47-18-15-19-50(44-47)75(49-41-38-46(39-42-49)51-23-16-24-55-54-21-3-10-33-66(54)78-72(51)55)65-32-17-31-63-71(65)56-22-2-5-26-58(56)73(63)59-27-6-11-34-67(59)76-68-35-12-7-28-60(68)73/h1-45H. The van der Waals surface area contributed by atoms with E-state index in [9.17, 15) is 0 Å². The van der Waals surface area contributed by atoms with Gasteiger partial charge in [0.05, 0.1) is 16.5 Å². The van der Waals surface area contributed by atoms with Crippen LogP contribution in [0.25, 0.3) is 66.4 Å². The highest BCUT2D eigenvalue weighted by molar-refractivity contribution is 6.10. The van der Waals surface area contributed by atoms with Gasteiger partial charge in [-0.05, 0) is 122 Å². The van der Waals surface area contributed by atoms with Gasteiger partial charge in [0.15, 0.2) is 0 Å². The summed E-state index contributed by atoms with van der Waals surface area (Å²) >= 11 is 0. The van der Waals surface area contributed by atoms with Crippen LogP contribution in [0.4, 0.5) is 17.1 Å². The maximum absolute atomic E-state index is 6.75. The first-order chi connectivity index (χ1) is 38.7. The second-order valence-electron chi connectivity index (χ2n) is 21.0. The number of anilines is 3. The molecule has 0 saturated carbocycles. The number of rotatable bonds is 5. The molecule has 0 amide bonds. The van der Waals surface area contributed by atoms with Crippen molar-refractivity contribution in [2.75, 3.05) is 4.90 Å². The summed E-state index contributed by atoms with van der Waals surface area (Å²) < 4.78 is 20.0. The topological polar surface area (TPSA) is 34.8 Å². The van der Waals surface area contributed by atoms with Crippen molar-refractivity contribution in [2.24, 2.45) is 0 Å². The molecule has 78 heavy (non-hydrogen) atoms. The van der Waals surface area contributed by atoms with Crippen LogP contribution in [0.1, 0.15) is 44.5 Å². The van der Waals surface area contributed by atoms with Gasteiger partial charge in [-0.1, -0.05) is 206 Å². The molecule has 0 bridgehead atoms. The number of nitrogens with zero attached hydrogens (tertiary/aromatic N) is 1. The molecule has 0 N–H and O–H groups in total. The molecule has 2 aliphatic carbocycles. The zero-order valence-corrected chi connectivity index (χ0v) is 42.2. The second-order valence-corrected chi connectivity index (χ2v) is 21.0. The van der Waals surface area contributed by atoms with Crippen LogP contribution in [0.2, 0.25) is 0 Å². The Hall–Kier alpha value is -10.2. The lowest BCUT2D eigenvalue weighted by atomic mass is 9.66. The molecule has 0 fully saturated rings. The van der Waals surface area contributed by atoms with Crippen LogP contribution < -0.4 is 14.4 Å². The van der Waals surface area contributed by atoms with Crippen LogP contribution in [0.15, 0.2) is 277 Å². The van der Waals surface area contributed by atoms with E-state index in [0.29, 0.717) is 0 Å². The van der Waals surface area contributed by atoms with E-state index in [4.69, 9.17) is 13.9 Å². The van der Waals surface area contributed by atoms with Crippen molar-refractivity contribution in [3.8, 4) is 67.5 Å². The van der Waals surface area contributed by atoms with Gasteiger partial charge >= 0.3 is 0 Å². The van der Waals surface area contributed by atoms with E-state index in [1.54, 1.807) is 0 Å². The number of para-hydroxylation sites is 6. The Morgan fingerprint density at radius 2 is 0.756 bits per heavy atom. The Labute approximate surface area is 451 Å². The van der Waals surface area contributed by atoms with E-state index in [-0.39, 0.29) is 0 Å². The number of fused-ring (bicyclic) bond motifs is 21. The molecule has 0 radical (unpaired) electrons. The van der Waals surface area contributed by atoms with Gasteiger partial charge in [0.25, 0.3) is 0 Å².